The molecule has 4 heteroatoms. The van der Waals surface area contributed by atoms with Gasteiger partial charge in [0.2, 0.25) is 0 Å². The maximum absolute atomic E-state index is 5.49. The number of rotatable bonds is 19. The molecule has 1 rings (SSSR count). The van der Waals surface area contributed by atoms with E-state index in [1.807, 2.05) is 0 Å². The van der Waals surface area contributed by atoms with Crippen LogP contribution in [0.25, 0.3) is 0 Å². The van der Waals surface area contributed by atoms with Crippen molar-refractivity contribution in [2.75, 3.05) is 51.2 Å². The molecular weight excluding hydrogens is 332 g/mol. The van der Waals surface area contributed by atoms with E-state index in [1.165, 1.54) is 76.6 Å². The van der Waals surface area contributed by atoms with Gasteiger partial charge in [-0.05, 0) is 83.4 Å². The van der Waals surface area contributed by atoms with Gasteiger partial charge in [-0.25, -0.2) is 0 Å². The molecule has 0 saturated heterocycles. The lowest BCUT2D eigenvalue weighted by Crippen LogP contribution is -2.21. The highest BCUT2D eigenvalue weighted by Crippen LogP contribution is 2.11. The van der Waals surface area contributed by atoms with Crippen molar-refractivity contribution in [3.8, 4) is 0 Å². The summed E-state index contributed by atoms with van der Waals surface area (Å²) in [5, 5.41) is 7.10. The van der Waals surface area contributed by atoms with Crippen LogP contribution in [0.5, 0.6) is 0 Å². The first-order chi connectivity index (χ1) is 13.3. The van der Waals surface area contributed by atoms with E-state index >= 15 is 0 Å². The van der Waals surface area contributed by atoms with Crippen molar-refractivity contribution in [2.45, 2.75) is 64.2 Å². The van der Waals surface area contributed by atoms with Gasteiger partial charge < -0.3 is 21.3 Å². The summed E-state index contributed by atoms with van der Waals surface area (Å²) in [6, 6.07) is 10.6. The molecule has 0 saturated carbocycles. The average Bonchev–Trinajstić information content (AvgIpc) is 2.70. The predicted octanol–water partition coefficient (Wildman–Crippen LogP) is 4.16. The van der Waals surface area contributed by atoms with Crippen molar-refractivity contribution in [1.82, 2.24) is 10.6 Å². The van der Waals surface area contributed by atoms with E-state index in [9.17, 15) is 0 Å². The van der Waals surface area contributed by atoms with Crippen LogP contribution in [0, 0.1) is 0 Å². The van der Waals surface area contributed by atoms with E-state index in [-0.39, 0.29) is 0 Å². The van der Waals surface area contributed by atoms with Gasteiger partial charge >= 0.3 is 0 Å². The maximum atomic E-state index is 5.49. The summed E-state index contributed by atoms with van der Waals surface area (Å²) in [7, 11) is 2.18. The van der Waals surface area contributed by atoms with Gasteiger partial charge in [0.05, 0.1) is 0 Å². The molecule has 156 valence electrons. The van der Waals surface area contributed by atoms with E-state index in [4.69, 9.17) is 5.73 Å². The Balaban J connectivity index is 1.74. The van der Waals surface area contributed by atoms with Gasteiger partial charge in [0.15, 0.2) is 0 Å². The van der Waals surface area contributed by atoms with Crippen molar-refractivity contribution in [3.63, 3.8) is 0 Å². The van der Waals surface area contributed by atoms with Crippen LogP contribution in [0.2, 0.25) is 0 Å². The normalized spacial score (nSPS) is 11.0. The van der Waals surface area contributed by atoms with Gasteiger partial charge in [0.25, 0.3) is 0 Å². The van der Waals surface area contributed by atoms with Gasteiger partial charge in [-0.3, -0.25) is 0 Å². The number of nitrogens with one attached hydrogen (secondary N) is 2. The number of para-hydroxylation sites is 1. The molecule has 4 N–H and O–H groups in total. The smallest absolute Gasteiger partial charge is 0.0363 e. The minimum atomic E-state index is 0.822. The van der Waals surface area contributed by atoms with E-state index in [2.05, 4.69) is 52.9 Å². The molecule has 0 aliphatic heterocycles. The molecule has 1 aromatic carbocycles. The standard InChI is InChI=1S/C23H44N4/c1-27(23-15-7-6-8-16-23)22-14-13-21-26-19-11-5-3-2-4-10-18-25-20-12-9-17-24/h6-8,15-16,25-26H,2-5,9-14,17-22,24H2,1H3. The van der Waals surface area contributed by atoms with Crippen LogP contribution >= 0.6 is 0 Å². The van der Waals surface area contributed by atoms with Crippen LogP contribution in [0.1, 0.15) is 64.2 Å². The third-order valence-electron chi connectivity index (χ3n) is 5.06. The molecule has 0 fully saturated rings. The number of benzene rings is 1. The predicted molar refractivity (Wildman–Crippen MR) is 121 cm³/mol. The zero-order valence-corrected chi connectivity index (χ0v) is 17.7. The molecule has 0 aromatic heterocycles. The molecule has 0 aliphatic carbocycles. The molecule has 0 aliphatic rings. The van der Waals surface area contributed by atoms with Gasteiger partial charge in [-0.1, -0.05) is 43.9 Å². The van der Waals surface area contributed by atoms with Crippen LogP contribution in [0.3, 0.4) is 0 Å². The Bertz CT molecular complexity index is 410. The first kappa shape index (κ1) is 23.9. The number of hydrogen-bond donors (Lipinski definition) is 3. The number of nitrogens with two attached hydrogens (primary N) is 1. The highest BCUT2D eigenvalue weighted by atomic mass is 15.1. The van der Waals surface area contributed by atoms with Crippen molar-refractivity contribution >= 4 is 5.69 Å². The molecular formula is C23H44N4. The first-order valence-corrected chi connectivity index (χ1v) is 11.2. The lowest BCUT2D eigenvalue weighted by atomic mass is 10.1. The van der Waals surface area contributed by atoms with Crippen LogP contribution in [-0.4, -0.2) is 46.3 Å². The van der Waals surface area contributed by atoms with Gasteiger partial charge in [-0.2, -0.15) is 0 Å². The average molecular weight is 377 g/mol. The number of unbranched alkanes of at least 4 members (excludes halogenated alkanes) is 7. The Kier molecular flexibility index (Phi) is 16.2. The minimum Gasteiger partial charge on any atom is -0.375 e. The van der Waals surface area contributed by atoms with Crippen LogP contribution < -0.4 is 21.3 Å². The topological polar surface area (TPSA) is 53.3 Å². The van der Waals surface area contributed by atoms with E-state index in [1.54, 1.807) is 0 Å². The zero-order chi connectivity index (χ0) is 19.4. The third kappa shape index (κ3) is 14.6. The van der Waals surface area contributed by atoms with Crippen molar-refractivity contribution < 1.29 is 0 Å². The monoisotopic (exact) mass is 376 g/mol. The summed E-state index contributed by atoms with van der Waals surface area (Å²) in [5.74, 6) is 0. The molecule has 0 unspecified atom stereocenters. The summed E-state index contributed by atoms with van der Waals surface area (Å²) < 4.78 is 0. The fraction of sp³-hybridized carbons (Fsp3) is 0.739. The van der Waals surface area contributed by atoms with Gasteiger partial charge in [0.1, 0.15) is 0 Å². The van der Waals surface area contributed by atoms with Crippen LogP contribution in [0.4, 0.5) is 5.69 Å². The van der Waals surface area contributed by atoms with E-state index in [0.29, 0.717) is 0 Å². The summed E-state index contributed by atoms with van der Waals surface area (Å²) in [6.07, 6.45) is 13.0. The molecule has 0 heterocycles. The second kappa shape index (κ2) is 18.3. The number of hydrogen-bond acceptors (Lipinski definition) is 4. The quantitative estimate of drug-likeness (QED) is 0.317. The highest BCUT2D eigenvalue weighted by molar-refractivity contribution is 5.44. The Hall–Kier alpha value is -1.10. The molecule has 4 nitrogen and oxygen atoms in total. The second-order valence-corrected chi connectivity index (χ2v) is 7.58. The Morgan fingerprint density at radius 2 is 1.15 bits per heavy atom. The zero-order valence-electron chi connectivity index (χ0n) is 17.7. The number of nitrogens with zero attached hydrogens (tertiary/aromatic N) is 1. The van der Waals surface area contributed by atoms with E-state index < -0.39 is 0 Å². The van der Waals surface area contributed by atoms with Crippen molar-refractivity contribution in [3.05, 3.63) is 30.3 Å². The van der Waals surface area contributed by atoms with Crippen LogP contribution in [-0.2, 0) is 0 Å². The lowest BCUT2D eigenvalue weighted by molar-refractivity contribution is 0.539. The SMILES string of the molecule is CN(CCCCNCCCCCCCCNCCCCN)c1ccccc1. The van der Waals surface area contributed by atoms with Crippen molar-refractivity contribution in [2.24, 2.45) is 5.73 Å². The molecule has 0 amide bonds. The first-order valence-electron chi connectivity index (χ1n) is 11.2. The molecule has 0 bridgehead atoms. The largest absolute Gasteiger partial charge is 0.375 e. The van der Waals surface area contributed by atoms with Gasteiger partial charge in [0, 0.05) is 19.3 Å². The lowest BCUT2D eigenvalue weighted by Gasteiger charge is -2.19. The summed E-state index contributed by atoms with van der Waals surface area (Å²) >= 11 is 0. The van der Waals surface area contributed by atoms with Gasteiger partial charge in [-0.15, -0.1) is 0 Å². The minimum absolute atomic E-state index is 0.822. The Morgan fingerprint density at radius 1 is 0.667 bits per heavy atom. The maximum Gasteiger partial charge on any atom is 0.0363 e. The Morgan fingerprint density at radius 3 is 1.70 bits per heavy atom. The summed E-state index contributed by atoms with van der Waals surface area (Å²) in [4.78, 5) is 2.34. The molecule has 1 aromatic rings. The number of anilines is 1. The van der Waals surface area contributed by atoms with Crippen molar-refractivity contribution in [1.29, 1.82) is 0 Å². The molecule has 27 heavy (non-hydrogen) atoms. The Labute approximate surface area is 168 Å². The molecule has 0 radical (unpaired) electrons. The second-order valence-electron chi connectivity index (χ2n) is 7.58. The summed E-state index contributed by atoms with van der Waals surface area (Å²) in [6.45, 7) is 6.59. The fourth-order valence-electron chi connectivity index (χ4n) is 3.26. The van der Waals surface area contributed by atoms with E-state index in [0.717, 1.165) is 32.6 Å². The fourth-order valence-corrected chi connectivity index (χ4v) is 3.26. The summed E-state index contributed by atoms with van der Waals surface area (Å²) in [5.41, 5.74) is 6.80. The van der Waals surface area contributed by atoms with Crippen LogP contribution in [0.15, 0.2) is 30.3 Å². The highest BCUT2D eigenvalue weighted by Gasteiger charge is 1.99. The third-order valence-corrected chi connectivity index (χ3v) is 5.06. The molecule has 0 spiro atoms. The molecule has 0 atom stereocenters.